The van der Waals surface area contributed by atoms with E-state index in [1.54, 1.807) is 23.5 Å². The Bertz CT molecular complexity index is 1270. The number of ketones is 1. The summed E-state index contributed by atoms with van der Waals surface area (Å²) in [5.41, 5.74) is 3.19. The number of hydrogen-bond donors (Lipinski definition) is 1. The predicted octanol–water partition coefficient (Wildman–Crippen LogP) is 5.03. The lowest BCUT2D eigenvalue weighted by Crippen LogP contribution is -2.08. The lowest BCUT2D eigenvalue weighted by atomic mass is 9.99. The first-order chi connectivity index (χ1) is 15.1. The van der Waals surface area contributed by atoms with E-state index in [4.69, 9.17) is 0 Å². The number of nitrogens with zero attached hydrogens (tertiary/aromatic N) is 3. The van der Waals surface area contributed by atoms with Crippen LogP contribution in [0.4, 0.5) is 5.69 Å². The van der Waals surface area contributed by atoms with Crippen LogP contribution < -0.4 is 5.32 Å². The van der Waals surface area contributed by atoms with Crippen LogP contribution in [0.1, 0.15) is 28.8 Å². The van der Waals surface area contributed by atoms with Crippen molar-refractivity contribution in [3.05, 3.63) is 77.2 Å². The second-order valence-corrected chi connectivity index (χ2v) is 9.07. The number of aromatic nitrogens is 3. The Kier molecular flexibility index (Phi) is 5.17. The second kappa shape index (κ2) is 8.13. The minimum atomic E-state index is -0.245. The zero-order valence-corrected chi connectivity index (χ0v) is 18.2. The van der Waals surface area contributed by atoms with Gasteiger partial charge in [-0.05, 0) is 54.3 Å². The van der Waals surface area contributed by atoms with Gasteiger partial charge in [-0.15, -0.1) is 21.5 Å². The van der Waals surface area contributed by atoms with Crippen molar-refractivity contribution < 1.29 is 9.59 Å². The fourth-order valence-corrected chi connectivity index (χ4v) is 5.09. The number of nitrogens with one attached hydrogen (secondary N) is 1. The highest BCUT2D eigenvalue weighted by molar-refractivity contribution is 7.99. The van der Waals surface area contributed by atoms with Gasteiger partial charge in [0.15, 0.2) is 16.8 Å². The highest BCUT2D eigenvalue weighted by atomic mass is 32.2. The molecule has 0 fully saturated rings. The maximum absolute atomic E-state index is 12.9. The number of carbonyl (C=O) groups is 2. The fourth-order valence-electron chi connectivity index (χ4n) is 3.54. The van der Waals surface area contributed by atoms with E-state index in [1.165, 1.54) is 11.8 Å². The van der Waals surface area contributed by atoms with Crippen LogP contribution in [-0.2, 0) is 4.79 Å². The van der Waals surface area contributed by atoms with Gasteiger partial charge in [-0.2, -0.15) is 0 Å². The van der Waals surface area contributed by atoms with Gasteiger partial charge in [-0.1, -0.05) is 36.0 Å². The van der Waals surface area contributed by atoms with Crippen molar-refractivity contribution in [2.45, 2.75) is 18.0 Å². The molecule has 3 heterocycles. The highest BCUT2D eigenvalue weighted by Crippen LogP contribution is 2.34. The van der Waals surface area contributed by atoms with E-state index in [2.05, 4.69) is 15.5 Å². The van der Waals surface area contributed by atoms with E-state index in [0.717, 1.165) is 27.6 Å². The smallest absolute Gasteiger partial charge is 0.231 e. The van der Waals surface area contributed by atoms with Crippen molar-refractivity contribution in [3.8, 4) is 16.4 Å². The van der Waals surface area contributed by atoms with Crippen LogP contribution in [0, 0.1) is 0 Å². The molecule has 2 aromatic carbocycles. The zero-order chi connectivity index (χ0) is 21.4. The Balaban J connectivity index is 1.41. The molecule has 1 atom stereocenters. The normalized spacial score (nSPS) is 15.0. The molecule has 1 aliphatic heterocycles. The Morgan fingerprint density at radius 2 is 1.97 bits per heavy atom. The van der Waals surface area contributed by atoms with Gasteiger partial charge in [0.1, 0.15) is 0 Å². The molecule has 2 aromatic heterocycles. The molecule has 8 heteroatoms. The molecule has 1 unspecified atom stereocenters. The minimum Gasteiger partial charge on any atom is -0.325 e. The summed E-state index contributed by atoms with van der Waals surface area (Å²) in [7, 11) is 0. The van der Waals surface area contributed by atoms with Gasteiger partial charge < -0.3 is 5.32 Å². The molecule has 5 rings (SSSR count). The van der Waals surface area contributed by atoms with E-state index in [1.807, 2.05) is 65.4 Å². The van der Waals surface area contributed by atoms with Crippen LogP contribution >= 0.6 is 23.1 Å². The number of Topliss-reactive ketones (excluding diaryl/α,β-unsaturated/α-hetero) is 1. The molecule has 1 N–H and O–H groups in total. The summed E-state index contributed by atoms with van der Waals surface area (Å²) in [6.45, 7) is 1.85. The first kappa shape index (κ1) is 19.7. The first-order valence-corrected chi connectivity index (χ1v) is 11.6. The van der Waals surface area contributed by atoms with Crippen molar-refractivity contribution >= 4 is 40.5 Å². The van der Waals surface area contributed by atoms with Gasteiger partial charge in [-0.3, -0.25) is 14.2 Å². The molecular weight excluding hydrogens is 428 g/mol. The molecule has 1 amide bonds. The zero-order valence-electron chi connectivity index (χ0n) is 16.6. The van der Waals surface area contributed by atoms with Crippen LogP contribution in [0.5, 0.6) is 0 Å². The Labute approximate surface area is 187 Å². The molecule has 1 aliphatic rings. The van der Waals surface area contributed by atoms with Gasteiger partial charge in [-0.25, -0.2) is 0 Å². The fraction of sp³-hybridized carbons (Fsp3) is 0.130. The minimum absolute atomic E-state index is 0.0142. The molecule has 0 saturated heterocycles. The van der Waals surface area contributed by atoms with Gasteiger partial charge >= 0.3 is 0 Å². The summed E-state index contributed by atoms with van der Waals surface area (Å²) in [4.78, 5) is 25.8. The third kappa shape index (κ3) is 3.68. The predicted molar refractivity (Wildman–Crippen MR) is 123 cm³/mol. The van der Waals surface area contributed by atoms with E-state index >= 15 is 0 Å². The second-order valence-electron chi connectivity index (χ2n) is 7.18. The van der Waals surface area contributed by atoms with Crippen molar-refractivity contribution in [3.63, 3.8) is 0 Å². The van der Waals surface area contributed by atoms with Gasteiger partial charge in [0.25, 0.3) is 0 Å². The number of para-hydroxylation sites is 1. The Morgan fingerprint density at radius 1 is 1.13 bits per heavy atom. The molecule has 0 saturated carbocycles. The SMILES string of the molecule is CC1C(=O)Nc2ccc(C(=O)CSc3nnc(-c4cccs4)n3-c3ccccc3)cc21. The van der Waals surface area contributed by atoms with Crippen molar-refractivity contribution in [2.24, 2.45) is 0 Å². The Hall–Kier alpha value is -3.23. The standard InChI is InChI=1S/C23H18N4O2S2/c1-14-17-12-15(9-10-18(17)24-22(14)29)19(28)13-31-23-26-25-21(20-8-5-11-30-20)27(23)16-6-3-2-4-7-16/h2-12,14H,13H2,1H3,(H,24,29). The highest BCUT2D eigenvalue weighted by Gasteiger charge is 2.27. The van der Waals surface area contributed by atoms with Gasteiger partial charge in [0.2, 0.25) is 5.91 Å². The van der Waals surface area contributed by atoms with Gasteiger partial charge in [0.05, 0.1) is 16.5 Å². The van der Waals surface area contributed by atoms with E-state index in [0.29, 0.717) is 10.7 Å². The summed E-state index contributed by atoms with van der Waals surface area (Å²) < 4.78 is 1.98. The molecule has 0 radical (unpaired) electrons. The number of thiophene rings is 1. The third-order valence-corrected chi connectivity index (χ3v) is 7.01. The lowest BCUT2D eigenvalue weighted by Gasteiger charge is -2.09. The average Bonchev–Trinajstić information content (AvgIpc) is 3.52. The number of hydrogen-bond acceptors (Lipinski definition) is 6. The van der Waals surface area contributed by atoms with Crippen molar-refractivity contribution in [2.75, 3.05) is 11.1 Å². The van der Waals surface area contributed by atoms with Crippen molar-refractivity contribution in [1.29, 1.82) is 0 Å². The monoisotopic (exact) mass is 446 g/mol. The molecule has 4 aromatic rings. The third-order valence-electron chi connectivity index (χ3n) is 5.21. The quantitative estimate of drug-likeness (QED) is 0.332. The number of rotatable bonds is 6. The van der Waals surface area contributed by atoms with Crippen LogP contribution in [-0.4, -0.2) is 32.2 Å². The van der Waals surface area contributed by atoms with Crippen LogP contribution in [0.3, 0.4) is 0 Å². The molecule has 0 spiro atoms. The van der Waals surface area contributed by atoms with E-state index in [-0.39, 0.29) is 23.4 Å². The maximum atomic E-state index is 12.9. The molecule has 31 heavy (non-hydrogen) atoms. The van der Waals surface area contributed by atoms with Crippen molar-refractivity contribution in [1.82, 2.24) is 14.8 Å². The first-order valence-electron chi connectivity index (χ1n) is 9.77. The molecular formula is C23H18N4O2S2. The van der Waals surface area contributed by atoms with Crippen LogP contribution in [0.15, 0.2) is 71.2 Å². The molecule has 6 nitrogen and oxygen atoms in total. The maximum Gasteiger partial charge on any atom is 0.231 e. The largest absolute Gasteiger partial charge is 0.325 e. The number of carbonyl (C=O) groups excluding carboxylic acids is 2. The van der Waals surface area contributed by atoms with Crippen LogP contribution in [0.25, 0.3) is 16.4 Å². The number of thioether (sulfide) groups is 1. The Morgan fingerprint density at radius 3 is 2.74 bits per heavy atom. The summed E-state index contributed by atoms with van der Waals surface area (Å²) in [6, 6.07) is 19.3. The molecule has 154 valence electrons. The summed E-state index contributed by atoms with van der Waals surface area (Å²) >= 11 is 2.96. The van der Waals surface area contributed by atoms with E-state index < -0.39 is 0 Å². The van der Waals surface area contributed by atoms with E-state index in [9.17, 15) is 9.59 Å². The van der Waals surface area contributed by atoms with Gasteiger partial charge in [0, 0.05) is 16.9 Å². The number of amides is 1. The summed E-state index contributed by atoms with van der Waals surface area (Å²) in [5, 5.41) is 14.3. The lowest BCUT2D eigenvalue weighted by molar-refractivity contribution is -0.116. The van der Waals surface area contributed by atoms with Crippen LogP contribution in [0.2, 0.25) is 0 Å². The summed E-state index contributed by atoms with van der Waals surface area (Å²) in [5.74, 6) is 0.687. The average molecular weight is 447 g/mol. The molecule has 0 bridgehead atoms. The number of anilines is 1. The number of fused-ring (bicyclic) bond motifs is 1. The number of benzene rings is 2. The summed E-state index contributed by atoms with van der Waals surface area (Å²) in [6.07, 6.45) is 0. The topological polar surface area (TPSA) is 76.9 Å². The molecule has 0 aliphatic carbocycles.